The summed E-state index contributed by atoms with van der Waals surface area (Å²) in [6.45, 7) is -0.807. The molecule has 0 saturated heterocycles. The minimum atomic E-state index is -4.99. The first-order valence-electron chi connectivity index (χ1n) is 9.29. The molecule has 2 aromatic carbocycles. The first kappa shape index (κ1) is 34.2. The van der Waals surface area contributed by atoms with Gasteiger partial charge in [0.2, 0.25) is 16.3 Å². The number of aromatic nitrogens is 2. The SMILES string of the molecule is O=S(=O)([O-])OCCS(=O)(=O)c1ccc(Nc2cc(Cl)nc(Nc3ccc(S(=O)(=O)[O-])cc3)n2)cc1.[Na+].[Na+]. The van der Waals surface area contributed by atoms with Gasteiger partial charge in [-0.15, -0.1) is 0 Å². The number of nitrogens with zero attached hydrogens (tertiary/aromatic N) is 2. The van der Waals surface area contributed by atoms with Gasteiger partial charge in [-0.05, 0) is 48.5 Å². The summed E-state index contributed by atoms with van der Waals surface area (Å²) < 4.78 is 92.8. The van der Waals surface area contributed by atoms with Crippen LogP contribution in [0.3, 0.4) is 0 Å². The Bertz CT molecular complexity index is 1540. The van der Waals surface area contributed by atoms with E-state index in [-0.39, 0.29) is 80.9 Å². The van der Waals surface area contributed by atoms with E-state index >= 15 is 0 Å². The van der Waals surface area contributed by atoms with Crippen LogP contribution in [0.15, 0.2) is 64.4 Å². The van der Waals surface area contributed by atoms with Crippen molar-refractivity contribution in [1.29, 1.82) is 0 Å². The molecule has 0 bridgehead atoms. The van der Waals surface area contributed by atoms with E-state index < -0.39 is 47.6 Å². The van der Waals surface area contributed by atoms with Gasteiger partial charge >= 0.3 is 59.1 Å². The Balaban J connectivity index is 0.00000342. The largest absolute Gasteiger partial charge is 1.00 e. The van der Waals surface area contributed by atoms with Gasteiger partial charge in [0.15, 0.2) is 9.84 Å². The number of anilines is 4. The summed E-state index contributed by atoms with van der Waals surface area (Å²) in [4.78, 5) is 7.69. The van der Waals surface area contributed by atoms with Crippen molar-refractivity contribution in [3.05, 3.63) is 59.8 Å². The monoisotopic (exact) mass is 608 g/mol. The fourth-order valence-electron chi connectivity index (χ4n) is 2.63. The molecular weight excluding hydrogens is 594 g/mol. The molecule has 3 aromatic rings. The van der Waals surface area contributed by atoms with E-state index in [4.69, 9.17) is 11.6 Å². The zero-order valence-corrected chi connectivity index (χ0v) is 26.5. The van der Waals surface area contributed by atoms with E-state index in [1.54, 1.807) is 0 Å². The molecule has 0 unspecified atom stereocenters. The first-order chi connectivity index (χ1) is 16.2. The van der Waals surface area contributed by atoms with Gasteiger partial charge in [0, 0.05) is 17.4 Å². The van der Waals surface area contributed by atoms with Gasteiger partial charge in [-0.3, -0.25) is 4.18 Å². The number of nitrogens with one attached hydrogen (secondary N) is 2. The third-order valence-corrected chi connectivity index (χ3v) is 7.35. The molecule has 0 aliphatic rings. The maximum absolute atomic E-state index is 12.2. The Kier molecular flexibility index (Phi) is 12.9. The molecular formula is C18H15ClN4Na2O9S3. The van der Waals surface area contributed by atoms with Crippen LogP contribution in [0.4, 0.5) is 23.1 Å². The van der Waals surface area contributed by atoms with Crippen LogP contribution in [0, 0.1) is 0 Å². The molecule has 1 heterocycles. The van der Waals surface area contributed by atoms with Crippen molar-refractivity contribution in [1.82, 2.24) is 9.97 Å². The van der Waals surface area contributed by atoms with Crippen LogP contribution in [0.1, 0.15) is 0 Å². The average Bonchev–Trinajstić information content (AvgIpc) is 2.72. The van der Waals surface area contributed by atoms with Crippen LogP contribution in [-0.2, 0) is 34.5 Å². The smallest absolute Gasteiger partial charge is 0.744 e. The molecule has 1 aromatic heterocycles. The number of hydrogen-bond acceptors (Lipinski definition) is 13. The second kappa shape index (κ2) is 14.0. The van der Waals surface area contributed by atoms with Crippen molar-refractivity contribution in [2.24, 2.45) is 0 Å². The maximum atomic E-state index is 12.2. The molecule has 0 spiro atoms. The molecule has 0 atom stereocenters. The zero-order valence-electron chi connectivity index (χ0n) is 19.3. The average molecular weight is 609 g/mol. The fraction of sp³-hybridized carbons (Fsp3) is 0.111. The van der Waals surface area contributed by atoms with Crippen LogP contribution in [0.25, 0.3) is 0 Å². The Hall–Kier alpha value is -0.860. The summed E-state index contributed by atoms with van der Waals surface area (Å²) in [5, 5.41) is 5.77. The molecule has 0 aliphatic carbocycles. The molecule has 0 fully saturated rings. The quantitative estimate of drug-likeness (QED) is 0.0969. The maximum Gasteiger partial charge on any atom is 1.00 e. The minimum absolute atomic E-state index is 0. The van der Waals surface area contributed by atoms with Gasteiger partial charge in [-0.1, -0.05) is 11.6 Å². The number of sulfone groups is 1. The van der Waals surface area contributed by atoms with Gasteiger partial charge in [0.1, 0.15) is 21.1 Å². The van der Waals surface area contributed by atoms with E-state index in [1.807, 2.05) is 0 Å². The van der Waals surface area contributed by atoms with Crippen LogP contribution in [0.5, 0.6) is 0 Å². The molecule has 2 N–H and O–H groups in total. The third kappa shape index (κ3) is 11.0. The molecule has 37 heavy (non-hydrogen) atoms. The van der Waals surface area contributed by atoms with E-state index in [0.717, 1.165) is 12.1 Å². The summed E-state index contributed by atoms with van der Waals surface area (Å²) in [7, 11) is -13.5. The minimum Gasteiger partial charge on any atom is -0.744 e. The van der Waals surface area contributed by atoms with E-state index in [9.17, 15) is 34.4 Å². The molecule has 188 valence electrons. The summed E-state index contributed by atoms with van der Waals surface area (Å²) in [5.74, 6) is -0.430. The van der Waals surface area contributed by atoms with Crippen LogP contribution in [-0.4, -0.2) is 56.7 Å². The van der Waals surface area contributed by atoms with Crippen LogP contribution in [0.2, 0.25) is 5.15 Å². The Labute approximate surface area is 262 Å². The van der Waals surface area contributed by atoms with Crippen molar-refractivity contribution >= 4 is 65.1 Å². The van der Waals surface area contributed by atoms with Crippen molar-refractivity contribution in [3.8, 4) is 0 Å². The Morgan fingerprint density at radius 2 is 1.30 bits per heavy atom. The van der Waals surface area contributed by atoms with Crippen molar-refractivity contribution in [3.63, 3.8) is 0 Å². The number of halogens is 1. The van der Waals surface area contributed by atoms with Crippen molar-refractivity contribution < 1.29 is 97.7 Å². The van der Waals surface area contributed by atoms with Crippen LogP contribution >= 0.6 is 11.6 Å². The van der Waals surface area contributed by atoms with Crippen molar-refractivity contribution in [2.75, 3.05) is 23.0 Å². The standard InChI is InChI=1S/C18H17ClN4O9S3.2Na/c19-16-11-17(23-18(22-16)21-13-3-7-15(8-4-13)34(26,27)28)20-12-1-5-14(6-2-12)33(24,25)10-9-32-35(29,30)31;;/h1-8,11H,9-10H2,(H,26,27,28)(H,29,30,31)(H2,20,21,22,23);;/q;2*+1/p-2. The third-order valence-electron chi connectivity index (χ3n) is 4.16. The Morgan fingerprint density at radius 1 is 0.784 bits per heavy atom. The fourth-order valence-corrected chi connectivity index (χ4v) is 4.76. The molecule has 0 aliphatic heterocycles. The second-order valence-electron chi connectivity index (χ2n) is 6.70. The summed E-state index contributed by atoms with van der Waals surface area (Å²) in [5.41, 5.74) is 0.807. The van der Waals surface area contributed by atoms with Gasteiger partial charge < -0.3 is 19.7 Å². The van der Waals surface area contributed by atoms with E-state index in [0.29, 0.717) is 11.4 Å². The van der Waals surface area contributed by atoms with Gasteiger partial charge in [0.05, 0.1) is 22.2 Å². The number of benzene rings is 2. The zero-order chi connectivity index (χ0) is 25.9. The van der Waals surface area contributed by atoms with E-state index in [2.05, 4.69) is 24.8 Å². The predicted octanol–water partition coefficient (Wildman–Crippen LogP) is -4.22. The summed E-state index contributed by atoms with van der Waals surface area (Å²) >= 11 is 6.03. The number of hydrogen-bond donors (Lipinski definition) is 2. The summed E-state index contributed by atoms with van der Waals surface area (Å²) in [6, 6.07) is 11.7. The number of rotatable bonds is 10. The van der Waals surface area contributed by atoms with Gasteiger partial charge in [-0.25, -0.2) is 30.2 Å². The molecule has 3 rings (SSSR count). The molecule has 0 radical (unpaired) electrons. The van der Waals surface area contributed by atoms with E-state index in [1.165, 1.54) is 42.5 Å². The predicted molar refractivity (Wildman–Crippen MR) is 122 cm³/mol. The second-order valence-corrected chi connectivity index (χ2v) is 11.6. The molecule has 13 nitrogen and oxygen atoms in total. The van der Waals surface area contributed by atoms with Crippen molar-refractivity contribution in [2.45, 2.75) is 9.79 Å². The molecule has 0 amide bonds. The van der Waals surface area contributed by atoms with Gasteiger partial charge in [-0.2, -0.15) is 4.98 Å². The topological polar surface area (TPSA) is 208 Å². The molecule has 19 heteroatoms. The first-order valence-corrected chi connectivity index (χ1v) is 14.1. The molecule has 0 saturated carbocycles. The summed E-state index contributed by atoms with van der Waals surface area (Å²) in [6.07, 6.45) is 0. The van der Waals surface area contributed by atoms with Gasteiger partial charge in [0.25, 0.3) is 0 Å². The normalized spacial score (nSPS) is 11.6. The van der Waals surface area contributed by atoms with Crippen LogP contribution < -0.4 is 69.7 Å². The Morgan fingerprint density at radius 3 is 1.81 bits per heavy atom.